The Labute approximate surface area is 166 Å². The van der Waals surface area contributed by atoms with Gasteiger partial charge in [0.25, 0.3) is 0 Å². The summed E-state index contributed by atoms with van der Waals surface area (Å²) in [7, 11) is 0. The Morgan fingerprint density at radius 1 is 1.21 bits per heavy atom. The number of halogens is 3. The van der Waals surface area contributed by atoms with Crippen molar-refractivity contribution in [3.8, 4) is 11.4 Å². The normalized spacial score (nSPS) is 16.1. The summed E-state index contributed by atoms with van der Waals surface area (Å²) in [5.41, 5.74) is -0.488. The van der Waals surface area contributed by atoms with E-state index in [9.17, 15) is 18.0 Å². The van der Waals surface area contributed by atoms with E-state index in [1.165, 1.54) is 12.1 Å². The van der Waals surface area contributed by atoms with E-state index in [1.54, 1.807) is 0 Å². The fourth-order valence-electron chi connectivity index (χ4n) is 3.09. The molecule has 1 saturated heterocycles. The van der Waals surface area contributed by atoms with E-state index in [0.29, 0.717) is 25.5 Å². The zero-order valence-electron chi connectivity index (χ0n) is 16.2. The van der Waals surface area contributed by atoms with Gasteiger partial charge in [-0.3, -0.25) is 14.6 Å². The molecule has 1 N–H and O–H groups in total. The van der Waals surface area contributed by atoms with Crippen LogP contribution in [0.2, 0.25) is 0 Å². The monoisotopic (exact) mass is 411 g/mol. The van der Waals surface area contributed by atoms with Crippen molar-refractivity contribution in [1.82, 2.24) is 25.3 Å². The third-order valence-electron chi connectivity index (χ3n) is 4.68. The number of carbonyl (C=O) groups excluding carboxylic acids is 1. The highest BCUT2D eigenvalue weighted by molar-refractivity contribution is 5.77. The molecule has 0 bridgehead atoms. The summed E-state index contributed by atoms with van der Waals surface area (Å²) in [6.45, 7) is 6.46. The van der Waals surface area contributed by atoms with Gasteiger partial charge in [-0.05, 0) is 18.6 Å². The highest BCUT2D eigenvalue weighted by Crippen LogP contribution is 2.31. The molecule has 0 aliphatic carbocycles. The molecule has 0 atom stereocenters. The SMILES string of the molecule is CCCNC(=O)CN1CCN(Cc2nc(-c3cccc(C(F)(F)F)c3)no2)CC1. The maximum Gasteiger partial charge on any atom is 0.416 e. The molecule has 0 unspecified atom stereocenters. The fraction of sp³-hybridized carbons (Fsp3) is 0.526. The van der Waals surface area contributed by atoms with E-state index in [4.69, 9.17) is 4.52 Å². The molecule has 3 rings (SSSR count). The summed E-state index contributed by atoms with van der Waals surface area (Å²) < 4.78 is 43.8. The maximum atomic E-state index is 12.9. The Kier molecular flexibility index (Phi) is 6.86. The van der Waals surface area contributed by atoms with Crippen LogP contribution in [-0.4, -0.2) is 65.1 Å². The first-order valence-electron chi connectivity index (χ1n) is 9.57. The van der Waals surface area contributed by atoms with Crippen molar-refractivity contribution in [2.45, 2.75) is 26.1 Å². The van der Waals surface area contributed by atoms with Crippen molar-refractivity contribution in [1.29, 1.82) is 0 Å². The summed E-state index contributed by atoms with van der Waals surface area (Å²) in [5, 5.41) is 6.68. The molecule has 0 radical (unpaired) electrons. The second-order valence-electron chi connectivity index (χ2n) is 6.99. The summed E-state index contributed by atoms with van der Waals surface area (Å²) >= 11 is 0. The van der Waals surface area contributed by atoms with Crippen molar-refractivity contribution in [3.05, 3.63) is 35.7 Å². The Hall–Kier alpha value is -2.46. The van der Waals surface area contributed by atoms with Crippen molar-refractivity contribution in [2.75, 3.05) is 39.3 Å². The molecule has 1 aliphatic heterocycles. The average molecular weight is 411 g/mol. The number of carbonyl (C=O) groups is 1. The predicted molar refractivity (Wildman–Crippen MR) is 99.8 cm³/mol. The van der Waals surface area contributed by atoms with Crippen LogP contribution in [0.15, 0.2) is 28.8 Å². The third kappa shape index (κ3) is 6.01. The molecular formula is C19H24F3N5O2. The van der Waals surface area contributed by atoms with E-state index >= 15 is 0 Å². The number of rotatable bonds is 7. The Balaban J connectivity index is 1.52. The number of piperazine rings is 1. The van der Waals surface area contributed by atoms with Gasteiger partial charge in [-0.1, -0.05) is 24.2 Å². The zero-order valence-corrected chi connectivity index (χ0v) is 16.2. The lowest BCUT2D eigenvalue weighted by Gasteiger charge is -2.33. The first-order valence-corrected chi connectivity index (χ1v) is 9.57. The van der Waals surface area contributed by atoms with Gasteiger partial charge in [-0.2, -0.15) is 18.2 Å². The molecule has 7 nitrogen and oxygen atoms in total. The maximum absolute atomic E-state index is 12.9. The largest absolute Gasteiger partial charge is 0.416 e. The number of benzene rings is 1. The van der Waals surface area contributed by atoms with Gasteiger partial charge in [-0.15, -0.1) is 0 Å². The highest BCUT2D eigenvalue weighted by atomic mass is 19.4. The number of hydrogen-bond donors (Lipinski definition) is 1. The van der Waals surface area contributed by atoms with Crippen LogP contribution in [0.5, 0.6) is 0 Å². The quantitative estimate of drug-likeness (QED) is 0.754. The van der Waals surface area contributed by atoms with Crippen LogP contribution in [0, 0.1) is 0 Å². The lowest BCUT2D eigenvalue weighted by atomic mass is 10.1. The van der Waals surface area contributed by atoms with E-state index in [0.717, 1.165) is 44.7 Å². The Bertz CT molecular complexity index is 816. The zero-order chi connectivity index (χ0) is 20.9. The van der Waals surface area contributed by atoms with Gasteiger partial charge in [0.2, 0.25) is 17.6 Å². The molecule has 10 heteroatoms. The van der Waals surface area contributed by atoms with Crippen LogP contribution in [0.25, 0.3) is 11.4 Å². The standard InChI is InChI=1S/C19H24F3N5O2/c1-2-6-23-16(28)12-26-7-9-27(10-8-26)13-17-24-18(25-29-17)14-4-3-5-15(11-14)19(20,21)22/h3-5,11H,2,6-10,12-13H2,1H3,(H,23,28). The van der Waals surface area contributed by atoms with E-state index in [2.05, 4.69) is 25.3 Å². The van der Waals surface area contributed by atoms with Gasteiger partial charge < -0.3 is 9.84 Å². The molecule has 1 fully saturated rings. The van der Waals surface area contributed by atoms with E-state index < -0.39 is 11.7 Å². The molecule has 29 heavy (non-hydrogen) atoms. The second-order valence-corrected chi connectivity index (χ2v) is 6.99. The molecule has 158 valence electrons. The minimum absolute atomic E-state index is 0.0305. The number of aromatic nitrogens is 2. The Morgan fingerprint density at radius 2 is 1.93 bits per heavy atom. The number of amides is 1. The topological polar surface area (TPSA) is 74.5 Å². The summed E-state index contributed by atoms with van der Waals surface area (Å²) in [5.74, 6) is 0.520. The molecule has 2 heterocycles. The van der Waals surface area contributed by atoms with Gasteiger partial charge in [-0.25, -0.2) is 0 Å². The van der Waals surface area contributed by atoms with Crippen LogP contribution in [-0.2, 0) is 17.5 Å². The fourth-order valence-corrected chi connectivity index (χ4v) is 3.09. The molecule has 1 aliphatic rings. The molecule has 1 amide bonds. The number of nitrogens with one attached hydrogen (secondary N) is 1. The van der Waals surface area contributed by atoms with Gasteiger partial charge >= 0.3 is 6.18 Å². The number of nitrogens with zero attached hydrogens (tertiary/aromatic N) is 4. The molecular weight excluding hydrogens is 387 g/mol. The number of hydrogen-bond acceptors (Lipinski definition) is 6. The summed E-state index contributed by atoms with van der Waals surface area (Å²) in [6.07, 6.45) is -3.51. The van der Waals surface area contributed by atoms with Crippen molar-refractivity contribution in [3.63, 3.8) is 0 Å². The lowest BCUT2D eigenvalue weighted by Crippen LogP contribution is -2.49. The third-order valence-corrected chi connectivity index (χ3v) is 4.68. The van der Waals surface area contributed by atoms with Crippen molar-refractivity contribution in [2.24, 2.45) is 0 Å². The molecule has 0 saturated carbocycles. The van der Waals surface area contributed by atoms with Gasteiger partial charge in [0.05, 0.1) is 18.7 Å². The molecule has 0 spiro atoms. The van der Waals surface area contributed by atoms with E-state index in [-0.39, 0.29) is 17.3 Å². The molecule has 1 aromatic carbocycles. The van der Waals surface area contributed by atoms with Crippen LogP contribution in [0.1, 0.15) is 24.8 Å². The van der Waals surface area contributed by atoms with Crippen molar-refractivity contribution >= 4 is 5.91 Å². The minimum Gasteiger partial charge on any atom is -0.355 e. The number of alkyl halides is 3. The molecule has 1 aromatic heterocycles. The first kappa shape index (κ1) is 21.3. The Morgan fingerprint density at radius 3 is 2.62 bits per heavy atom. The summed E-state index contributed by atoms with van der Waals surface area (Å²) in [4.78, 5) is 20.2. The average Bonchev–Trinajstić information content (AvgIpc) is 3.16. The highest BCUT2D eigenvalue weighted by Gasteiger charge is 2.31. The van der Waals surface area contributed by atoms with Crippen LogP contribution in [0.4, 0.5) is 13.2 Å². The van der Waals surface area contributed by atoms with Gasteiger partial charge in [0, 0.05) is 38.3 Å². The minimum atomic E-state index is -4.42. The first-order chi connectivity index (χ1) is 13.8. The van der Waals surface area contributed by atoms with Crippen LogP contribution >= 0.6 is 0 Å². The second kappa shape index (κ2) is 9.36. The summed E-state index contributed by atoms with van der Waals surface area (Å²) in [6, 6.07) is 4.86. The lowest BCUT2D eigenvalue weighted by molar-refractivity contribution is -0.137. The van der Waals surface area contributed by atoms with Crippen molar-refractivity contribution < 1.29 is 22.5 Å². The smallest absolute Gasteiger partial charge is 0.355 e. The van der Waals surface area contributed by atoms with Gasteiger partial charge in [0.1, 0.15) is 0 Å². The van der Waals surface area contributed by atoms with Crippen LogP contribution in [0.3, 0.4) is 0 Å². The molecule has 2 aromatic rings. The predicted octanol–water partition coefficient (Wildman–Crippen LogP) is 2.40. The van der Waals surface area contributed by atoms with Crippen LogP contribution < -0.4 is 5.32 Å². The van der Waals surface area contributed by atoms with Gasteiger partial charge in [0.15, 0.2) is 0 Å². The van der Waals surface area contributed by atoms with E-state index in [1.807, 2.05) is 6.92 Å².